The van der Waals surface area contributed by atoms with Crippen LogP contribution in [0.3, 0.4) is 0 Å². The summed E-state index contributed by atoms with van der Waals surface area (Å²) in [7, 11) is 0. The van der Waals surface area contributed by atoms with Gasteiger partial charge in [0.2, 0.25) is 5.91 Å². The largest absolute Gasteiger partial charge is 0.384 e. The van der Waals surface area contributed by atoms with E-state index in [2.05, 4.69) is 42.3 Å². The maximum atomic E-state index is 12.6. The second-order valence-corrected chi connectivity index (χ2v) is 6.41. The summed E-state index contributed by atoms with van der Waals surface area (Å²) in [4.78, 5) is 14.8. The molecule has 1 fully saturated rings. The molecule has 1 amide bonds. The lowest BCUT2D eigenvalue weighted by Gasteiger charge is -2.28. The molecule has 0 aromatic heterocycles. The number of nitrogens with zero attached hydrogens (tertiary/aromatic N) is 1. The van der Waals surface area contributed by atoms with E-state index in [0.29, 0.717) is 30.2 Å². The van der Waals surface area contributed by atoms with Crippen LogP contribution in [0.5, 0.6) is 0 Å². The number of anilines is 1. The molecule has 0 radical (unpaired) electrons. The van der Waals surface area contributed by atoms with Crippen LogP contribution < -0.4 is 5.32 Å². The van der Waals surface area contributed by atoms with Gasteiger partial charge in [-0.05, 0) is 30.4 Å². The zero-order valence-electron chi connectivity index (χ0n) is 12.4. The predicted molar refractivity (Wildman–Crippen MR) is 81.9 cm³/mol. The quantitative estimate of drug-likeness (QED) is 0.916. The van der Waals surface area contributed by atoms with Gasteiger partial charge in [-0.15, -0.1) is 0 Å². The van der Waals surface area contributed by atoms with E-state index >= 15 is 0 Å². The Labute approximate surface area is 121 Å². The van der Waals surface area contributed by atoms with Gasteiger partial charge in [-0.2, -0.15) is 0 Å². The third kappa shape index (κ3) is 2.41. The van der Waals surface area contributed by atoms with Crippen LogP contribution in [-0.4, -0.2) is 29.9 Å². The second-order valence-electron chi connectivity index (χ2n) is 6.41. The number of amides is 1. The molecule has 0 bridgehead atoms. The molecule has 2 aliphatic rings. The van der Waals surface area contributed by atoms with Crippen LogP contribution >= 0.6 is 0 Å². The molecule has 3 heteroatoms. The molecule has 2 unspecified atom stereocenters. The molecule has 1 N–H and O–H groups in total. The average molecular weight is 272 g/mol. The van der Waals surface area contributed by atoms with E-state index in [9.17, 15) is 4.79 Å². The lowest BCUT2D eigenvalue weighted by atomic mass is 9.96. The van der Waals surface area contributed by atoms with Crippen LogP contribution in [0.25, 0.3) is 0 Å². The number of benzene rings is 1. The number of carbonyl (C=O) groups is 1. The first kappa shape index (κ1) is 13.5. The standard InChI is InChI=1S/C17H24N2O/c1-12(2)16-8-5-9-19(16)17(20)10-13-11-18-15-7-4-3-6-14(13)15/h3-4,6-7,12-13,16,18H,5,8-11H2,1-2H3. The van der Waals surface area contributed by atoms with Crippen LogP contribution in [0, 0.1) is 5.92 Å². The molecule has 20 heavy (non-hydrogen) atoms. The van der Waals surface area contributed by atoms with E-state index in [4.69, 9.17) is 0 Å². The SMILES string of the molecule is CC(C)C1CCCN1C(=O)CC1CNc2ccccc21. The highest BCUT2D eigenvalue weighted by Crippen LogP contribution is 2.34. The Hall–Kier alpha value is -1.51. The van der Waals surface area contributed by atoms with Crippen LogP contribution in [0.1, 0.15) is 44.6 Å². The van der Waals surface area contributed by atoms with Gasteiger partial charge < -0.3 is 10.2 Å². The molecule has 1 saturated heterocycles. The van der Waals surface area contributed by atoms with Crippen molar-refractivity contribution in [3.05, 3.63) is 29.8 Å². The number of carbonyl (C=O) groups excluding carboxylic acids is 1. The fraction of sp³-hybridized carbons (Fsp3) is 0.588. The van der Waals surface area contributed by atoms with Crippen molar-refractivity contribution < 1.29 is 4.79 Å². The van der Waals surface area contributed by atoms with Crippen LogP contribution in [0.4, 0.5) is 5.69 Å². The van der Waals surface area contributed by atoms with Crippen molar-refractivity contribution in [2.45, 2.75) is 45.1 Å². The summed E-state index contributed by atoms with van der Waals surface area (Å²) in [6, 6.07) is 8.82. The van der Waals surface area contributed by atoms with Crippen molar-refractivity contribution in [3.8, 4) is 0 Å². The predicted octanol–water partition coefficient (Wildman–Crippen LogP) is 3.23. The molecule has 2 atom stereocenters. The van der Waals surface area contributed by atoms with Crippen LogP contribution in [0.2, 0.25) is 0 Å². The normalized spacial score (nSPS) is 24.9. The highest BCUT2D eigenvalue weighted by atomic mass is 16.2. The Morgan fingerprint density at radius 3 is 3.00 bits per heavy atom. The number of fused-ring (bicyclic) bond motifs is 1. The topological polar surface area (TPSA) is 32.3 Å². The number of para-hydroxylation sites is 1. The Morgan fingerprint density at radius 2 is 2.20 bits per heavy atom. The molecule has 2 aliphatic heterocycles. The number of nitrogens with one attached hydrogen (secondary N) is 1. The molecule has 0 spiro atoms. The maximum absolute atomic E-state index is 12.6. The molecular weight excluding hydrogens is 248 g/mol. The van der Waals surface area contributed by atoms with E-state index < -0.39 is 0 Å². The highest BCUT2D eigenvalue weighted by molar-refractivity contribution is 5.79. The van der Waals surface area contributed by atoms with Crippen LogP contribution in [-0.2, 0) is 4.79 Å². The average Bonchev–Trinajstić information content (AvgIpc) is 3.06. The second kappa shape index (κ2) is 5.47. The molecule has 3 rings (SSSR count). The van der Waals surface area contributed by atoms with Crippen molar-refractivity contribution in [1.82, 2.24) is 4.90 Å². The fourth-order valence-electron chi connectivity index (χ4n) is 3.66. The minimum absolute atomic E-state index is 0.338. The Morgan fingerprint density at radius 1 is 1.40 bits per heavy atom. The number of likely N-dealkylation sites (tertiary alicyclic amines) is 1. The lowest BCUT2D eigenvalue weighted by Crippen LogP contribution is -2.39. The molecule has 3 nitrogen and oxygen atoms in total. The summed E-state index contributed by atoms with van der Waals surface area (Å²) in [6.45, 7) is 6.29. The molecule has 108 valence electrons. The van der Waals surface area contributed by atoms with Gasteiger partial charge in [0.05, 0.1) is 0 Å². The minimum atomic E-state index is 0.338. The van der Waals surface area contributed by atoms with E-state index in [1.165, 1.54) is 17.7 Å². The van der Waals surface area contributed by atoms with Gasteiger partial charge in [0.15, 0.2) is 0 Å². The first-order valence-corrected chi connectivity index (χ1v) is 7.79. The third-order valence-electron chi connectivity index (χ3n) is 4.75. The first-order chi connectivity index (χ1) is 9.66. The molecule has 0 aliphatic carbocycles. The number of hydrogen-bond donors (Lipinski definition) is 1. The van der Waals surface area contributed by atoms with Crippen LogP contribution in [0.15, 0.2) is 24.3 Å². The lowest BCUT2D eigenvalue weighted by molar-refractivity contribution is -0.133. The van der Waals surface area contributed by atoms with Crippen molar-refractivity contribution in [1.29, 1.82) is 0 Å². The van der Waals surface area contributed by atoms with E-state index in [1.807, 2.05) is 6.07 Å². The minimum Gasteiger partial charge on any atom is -0.384 e. The third-order valence-corrected chi connectivity index (χ3v) is 4.75. The smallest absolute Gasteiger partial charge is 0.223 e. The maximum Gasteiger partial charge on any atom is 0.223 e. The Balaban J connectivity index is 1.68. The summed E-state index contributed by atoms with van der Waals surface area (Å²) in [5.41, 5.74) is 2.51. The molecule has 2 heterocycles. The summed E-state index contributed by atoms with van der Waals surface area (Å²) in [5, 5.41) is 3.41. The Kier molecular flexibility index (Phi) is 3.68. The molecular formula is C17H24N2O. The van der Waals surface area contributed by atoms with Gasteiger partial charge in [-0.3, -0.25) is 4.79 Å². The molecule has 0 saturated carbocycles. The monoisotopic (exact) mass is 272 g/mol. The van der Waals surface area contributed by atoms with Gasteiger partial charge in [0, 0.05) is 37.2 Å². The molecule has 1 aromatic carbocycles. The summed E-state index contributed by atoms with van der Waals surface area (Å²) in [5.74, 6) is 1.24. The highest BCUT2D eigenvalue weighted by Gasteiger charge is 2.33. The first-order valence-electron chi connectivity index (χ1n) is 7.79. The van der Waals surface area contributed by atoms with E-state index in [1.54, 1.807) is 0 Å². The van der Waals surface area contributed by atoms with Crippen molar-refractivity contribution >= 4 is 11.6 Å². The molecule has 1 aromatic rings. The zero-order valence-corrected chi connectivity index (χ0v) is 12.4. The van der Waals surface area contributed by atoms with Gasteiger partial charge in [0.1, 0.15) is 0 Å². The number of hydrogen-bond acceptors (Lipinski definition) is 2. The van der Waals surface area contributed by atoms with E-state index in [-0.39, 0.29) is 0 Å². The van der Waals surface area contributed by atoms with Gasteiger partial charge in [0.25, 0.3) is 0 Å². The summed E-state index contributed by atoms with van der Waals surface area (Å²) >= 11 is 0. The Bertz CT molecular complexity index is 498. The van der Waals surface area contributed by atoms with Gasteiger partial charge >= 0.3 is 0 Å². The zero-order chi connectivity index (χ0) is 14.1. The van der Waals surface area contributed by atoms with Crippen molar-refractivity contribution in [3.63, 3.8) is 0 Å². The number of rotatable bonds is 3. The van der Waals surface area contributed by atoms with Crippen molar-refractivity contribution in [2.75, 3.05) is 18.4 Å². The van der Waals surface area contributed by atoms with E-state index in [0.717, 1.165) is 19.5 Å². The summed E-state index contributed by atoms with van der Waals surface area (Å²) in [6.07, 6.45) is 2.98. The summed E-state index contributed by atoms with van der Waals surface area (Å²) < 4.78 is 0. The van der Waals surface area contributed by atoms with Crippen molar-refractivity contribution in [2.24, 2.45) is 5.92 Å². The van der Waals surface area contributed by atoms with Gasteiger partial charge in [-0.1, -0.05) is 32.0 Å². The fourth-order valence-corrected chi connectivity index (χ4v) is 3.66. The van der Waals surface area contributed by atoms with Gasteiger partial charge in [-0.25, -0.2) is 0 Å².